The van der Waals surface area contributed by atoms with Gasteiger partial charge in [0.1, 0.15) is 5.78 Å². The molecule has 76 valence electrons. The minimum atomic E-state index is 0.139. The number of ketones is 1. The lowest BCUT2D eigenvalue weighted by atomic mass is 9.61. The summed E-state index contributed by atoms with van der Waals surface area (Å²) >= 11 is 0. The molecule has 1 unspecified atom stereocenters. The van der Waals surface area contributed by atoms with E-state index in [4.69, 9.17) is 0 Å². The van der Waals surface area contributed by atoms with Crippen LogP contribution in [0.15, 0.2) is 0 Å². The third-order valence-electron chi connectivity index (χ3n) is 4.11. The lowest BCUT2D eigenvalue weighted by molar-refractivity contribution is -0.126. The second-order valence-corrected chi connectivity index (χ2v) is 5.88. The SMILES string of the molecule is CC(C)(C)C(C)(C)C1CCCC1=O. The van der Waals surface area contributed by atoms with Crippen LogP contribution in [-0.2, 0) is 4.79 Å². The van der Waals surface area contributed by atoms with Crippen LogP contribution < -0.4 is 0 Å². The highest BCUT2D eigenvalue weighted by Crippen LogP contribution is 2.48. The number of hydrogen-bond acceptors (Lipinski definition) is 1. The van der Waals surface area contributed by atoms with Crippen molar-refractivity contribution < 1.29 is 4.79 Å². The Bertz CT molecular complexity index is 208. The van der Waals surface area contributed by atoms with Crippen molar-refractivity contribution in [3.63, 3.8) is 0 Å². The van der Waals surface area contributed by atoms with E-state index in [1.807, 2.05) is 0 Å². The van der Waals surface area contributed by atoms with Gasteiger partial charge in [-0.05, 0) is 23.7 Å². The van der Waals surface area contributed by atoms with Crippen molar-refractivity contribution in [2.75, 3.05) is 0 Å². The van der Waals surface area contributed by atoms with Crippen LogP contribution in [0.25, 0.3) is 0 Å². The summed E-state index contributed by atoms with van der Waals surface area (Å²) in [6.07, 6.45) is 3.01. The molecule has 1 aliphatic rings. The first-order valence-electron chi connectivity index (χ1n) is 5.29. The lowest BCUT2D eigenvalue weighted by Crippen LogP contribution is -2.39. The standard InChI is InChI=1S/C12H22O/c1-11(2,3)12(4,5)9-7-6-8-10(9)13/h9H,6-8H2,1-5H3. The van der Waals surface area contributed by atoms with Gasteiger partial charge in [-0.25, -0.2) is 0 Å². The molecule has 0 heterocycles. The third kappa shape index (κ3) is 1.79. The van der Waals surface area contributed by atoms with Gasteiger partial charge in [-0.2, -0.15) is 0 Å². The Morgan fingerprint density at radius 3 is 2.00 bits per heavy atom. The van der Waals surface area contributed by atoms with Gasteiger partial charge in [-0.15, -0.1) is 0 Å². The summed E-state index contributed by atoms with van der Waals surface area (Å²) in [4.78, 5) is 11.7. The highest BCUT2D eigenvalue weighted by Gasteiger charge is 2.44. The second-order valence-electron chi connectivity index (χ2n) is 5.88. The van der Waals surface area contributed by atoms with E-state index in [1.165, 1.54) is 0 Å². The molecule has 0 saturated heterocycles. The maximum Gasteiger partial charge on any atom is 0.136 e. The zero-order valence-electron chi connectivity index (χ0n) is 9.61. The molecule has 0 spiro atoms. The quantitative estimate of drug-likeness (QED) is 0.607. The maximum atomic E-state index is 11.7. The van der Waals surface area contributed by atoms with E-state index in [-0.39, 0.29) is 10.8 Å². The van der Waals surface area contributed by atoms with Gasteiger partial charge in [0.25, 0.3) is 0 Å². The zero-order valence-corrected chi connectivity index (χ0v) is 9.61. The van der Waals surface area contributed by atoms with Crippen molar-refractivity contribution >= 4 is 5.78 Å². The first kappa shape index (κ1) is 10.7. The largest absolute Gasteiger partial charge is 0.299 e. The van der Waals surface area contributed by atoms with E-state index < -0.39 is 0 Å². The molecule has 0 bridgehead atoms. The minimum absolute atomic E-state index is 0.139. The van der Waals surface area contributed by atoms with E-state index in [0.717, 1.165) is 19.3 Å². The first-order valence-corrected chi connectivity index (χ1v) is 5.29. The Hall–Kier alpha value is -0.330. The summed E-state index contributed by atoms with van der Waals surface area (Å²) in [6, 6.07) is 0. The molecule has 1 rings (SSSR count). The molecule has 1 atom stereocenters. The van der Waals surface area contributed by atoms with Gasteiger partial charge >= 0.3 is 0 Å². The second kappa shape index (κ2) is 3.11. The lowest BCUT2D eigenvalue weighted by Gasteiger charge is -2.43. The Labute approximate surface area is 81.9 Å². The van der Waals surface area contributed by atoms with Crippen LogP contribution in [0.3, 0.4) is 0 Å². The van der Waals surface area contributed by atoms with E-state index in [0.29, 0.717) is 11.7 Å². The third-order valence-corrected chi connectivity index (χ3v) is 4.11. The molecule has 1 fully saturated rings. The molecule has 1 saturated carbocycles. The number of carbonyl (C=O) groups excluding carboxylic acids is 1. The molecule has 0 radical (unpaired) electrons. The topological polar surface area (TPSA) is 17.1 Å². The van der Waals surface area contributed by atoms with Crippen LogP contribution >= 0.6 is 0 Å². The van der Waals surface area contributed by atoms with Crippen molar-refractivity contribution in [3.8, 4) is 0 Å². The van der Waals surface area contributed by atoms with Crippen LogP contribution in [0.4, 0.5) is 0 Å². The van der Waals surface area contributed by atoms with Crippen LogP contribution in [0.1, 0.15) is 53.9 Å². The van der Waals surface area contributed by atoms with Gasteiger partial charge in [0.2, 0.25) is 0 Å². The summed E-state index contributed by atoms with van der Waals surface area (Å²) in [5, 5.41) is 0. The highest BCUT2D eigenvalue weighted by atomic mass is 16.1. The van der Waals surface area contributed by atoms with Crippen LogP contribution in [-0.4, -0.2) is 5.78 Å². The van der Waals surface area contributed by atoms with Crippen molar-refractivity contribution in [1.29, 1.82) is 0 Å². The molecule has 0 N–H and O–H groups in total. The number of hydrogen-bond donors (Lipinski definition) is 0. The van der Waals surface area contributed by atoms with Crippen LogP contribution in [0, 0.1) is 16.7 Å². The van der Waals surface area contributed by atoms with Gasteiger partial charge < -0.3 is 0 Å². The fourth-order valence-electron chi connectivity index (χ4n) is 2.10. The molecule has 1 aliphatic carbocycles. The molecule has 1 heteroatoms. The van der Waals surface area contributed by atoms with Crippen LogP contribution in [0.5, 0.6) is 0 Å². The molecule has 0 aliphatic heterocycles. The molecule has 1 nitrogen and oxygen atoms in total. The molecule has 0 aromatic rings. The Morgan fingerprint density at radius 2 is 1.69 bits per heavy atom. The van der Waals surface area contributed by atoms with E-state index >= 15 is 0 Å². The Balaban J connectivity index is 2.86. The fraction of sp³-hybridized carbons (Fsp3) is 0.917. The van der Waals surface area contributed by atoms with Gasteiger partial charge in [-0.1, -0.05) is 34.6 Å². The minimum Gasteiger partial charge on any atom is -0.299 e. The van der Waals surface area contributed by atoms with Crippen molar-refractivity contribution in [2.45, 2.75) is 53.9 Å². The monoisotopic (exact) mass is 182 g/mol. The predicted molar refractivity (Wildman–Crippen MR) is 55.6 cm³/mol. The normalized spacial score (nSPS) is 25.3. The van der Waals surface area contributed by atoms with Gasteiger partial charge in [0.15, 0.2) is 0 Å². The van der Waals surface area contributed by atoms with E-state index in [1.54, 1.807) is 0 Å². The molecule has 0 aromatic carbocycles. The summed E-state index contributed by atoms with van der Waals surface area (Å²) in [5.74, 6) is 0.785. The van der Waals surface area contributed by atoms with E-state index in [2.05, 4.69) is 34.6 Å². The molecular weight excluding hydrogens is 160 g/mol. The fourth-order valence-corrected chi connectivity index (χ4v) is 2.10. The summed E-state index contributed by atoms with van der Waals surface area (Å²) in [7, 11) is 0. The Kier molecular flexibility index (Phi) is 2.57. The average Bonchev–Trinajstić information content (AvgIpc) is 2.32. The van der Waals surface area contributed by atoms with Gasteiger partial charge in [-0.3, -0.25) is 4.79 Å². The smallest absolute Gasteiger partial charge is 0.136 e. The van der Waals surface area contributed by atoms with Gasteiger partial charge in [0.05, 0.1) is 0 Å². The molecule has 0 aromatic heterocycles. The summed E-state index contributed by atoms with van der Waals surface area (Å²) < 4.78 is 0. The van der Waals surface area contributed by atoms with E-state index in [9.17, 15) is 4.79 Å². The summed E-state index contributed by atoms with van der Waals surface area (Å²) in [5.41, 5.74) is 0.359. The number of Topliss-reactive ketones (excluding diaryl/α,β-unsaturated/α-hetero) is 1. The predicted octanol–water partition coefficient (Wildman–Crippen LogP) is 3.43. The van der Waals surface area contributed by atoms with Gasteiger partial charge in [0, 0.05) is 12.3 Å². The zero-order chi connectivity index (χ0) is 10.3. The molecular formula is C12H22O. The van der Waals surface area contributed by atoms with Crippen LogP contribution in [0.2, 0.25) is 0 Å². The van der Waals surface area contributed by atoms with Crippen molar-refractivity contribution in [3.05, 3.63) is 0 Å². The average molecular weight is 182 g/mol. The maximum absolute atomic E-state index is 11.7. The highest BCUT2D eigenvalue weighted by molar-refractivity contribution is 5.83. The number of rotatable bonds is 1. The first-order chi connectivity index (χ1) is 5.77. The Morgan fingerprint density at radius 1 is 1.15 bits per heavy atom. The molecule has 0 amide bonds. The number of carbonyl (C=O) groups is 1. The molecule has 13 heavy (non-hydrogen) atoms. The van der Waals surface area contributed by atoms with Crippen molar-refractivity contribution in [1.82, 2.24) is 0 Å². The summed E-state index contributed by atoms with van der Waals surface area (Å²) in [6.45, 7) is 11.2. The van der Waals surface area contributed by atoms with Crippen molar-refractivity contribution in [2.24, 2.45) is 16.7 Å².